The van der Waals surface area contributed by atoms with Crippen LogP contribution in [-0.2, 0) is 0 Å². The Labute approximate surface area is 142 Å². The molecule has 1 N–H and O–H groups in total. The van der Waals surface area contributed by atoms with E-state index in [1.165, 1.54) is 12.7 Å². The second-order valence-electron chi connectivity index (χ2n) is 5.56. The lowest BCUT2D eigenvalue weighted by Crippen LogP contribution is -2.31. The summed E-state index contributed by atoms with van der Waals surface area (Å²) < 4.78 is 5.91. The third-order valence-electron chi connectivity index (χ3n) is 3.97. The SMILES string of the molecule is O=C(c1ncnc2nc[nH]c12)N1CCC(Oc2ccc(Cl)cc2)C1. The minimum absolute atomic E-state index is 0.0470. The van der Waals surface area contributed by atoms with E-state index in [9.17, 15) is 4.79 Å². The Morgan fingerprint density at radius 1 is 1.25 bits per heavy atom. The first-order valence-corrected chi connectivity index (χ1v) is 7.94. The largest absolute Gasteiger partial charge is 0.489 e. The predicted molar refractivity (Wildman–Crippen MR) is 88.1 cm³/mol. The fourth-order valence-electron chi connectivity index (χ4n) is 2.79. The van der Waals surface area contributed by atoms with Crippen molar-refractivity contribution in [2.24, 2.45) is 0 Å². The highest BCUT2D eigenvalue weighted by Gasteiger charge is 2.30. The quantitative estimate of drug-likeness (QED) is 0.788. The maximum Gasteiger partial charge on any atom is 0.274 e. The van der Waals surface area contributed by atoms with Crippen LogP contribution in [0.5, 0.6) is 5.75 Å². The summed E-state index contributed by atoms with van der Waals surface area (Å²) in [6, 6.07) is 7.21. The van der Waals surface area contributed by atoms with Gasteiger partial charge in [-0.25, -0.2) is 15.0 Å². The Hall–Kier alpha value is -2.67. The number of imidazole rings is 1. The van der Waals surface area contributed by atoms with Crippen LogP contribution in [0.3, 0.4) is 0 Å². The van der Waals surface area contributed by atoms with Gasteiger partial charge in [0.2, 0.25) is 0 Å². The average molecular weight is 344 g/mol. The fraction of sp³-hybridized carbons (Fsp3) is 0.250. The van der Waals surface area contributed by atoms with Crippen LogP contribution < -0.4 is 4.74 Å². The number of hydrogen-bond donors (Lipinski definition) is 1. The van der Waals surface area contributed by atoms with Crippen LogP contribution in [-0.4, -0.2) is 49.9 Å². The van der Waals surface area contributed by atoms with Crippen LogP contribution in [0.25, 0.3) is 11.2 Å². The fourth-order valence-corrected chi connectivity index (χ4v) is 2.92. The number of nitrogens with zero attached hydrogens (tertiary/aromatic N) is 4. The molecule has 122 valence electrons. The molecule has 0 saturated carbocycles. The lowest BCUT2D eigenvalue weighted by Gasteiger charge is -2.17. The first-order valence-electron chi connectivity index (χ1n) is 7.56. The minimum atomic E-state index is -0.145. The zero-order valence-corrected chi connectivity index (χ0v) is 13.4. The number of halogens is 1. The van der Waals surface area contributed by atoms with Crippen molar-refractivity contribution in [1.82, 2.24) is 24.8 Å². The van der Waals surface area contributed by atoms with Crippen molar-refractivity contribution in [1.29, 1.82) is 0 Å². The number of amides is 1. The molecule has 1 saturated heterocycles. The Balaban J connectivity index is 1.47. The number of carbonyl (C=O) groups is 1. The molecule has 0 radical (unpaired) electrons. The molecule has 0 spiro atoms. The molecule has 2 aromatic heterocycles. The van der Waals surface area contributed by atoms with E-state index in [2.05, 4.69) is 19.9 Å². The smallest absolute Gasteiger partial charge is 0.274 e. The molecule has 1 aromatic carbocycles. The molecule has 7 nitrogen and oxygen atoms in total. The number of likely N-dealkylation sites (tertiary alicyclic amines) is 1. The van der Waals surface area contributed by atoms with Crippen LogP contribution in [0, 0.1) is 0 Å². The molecule has 0 bridgehead atoms. The summed E-state index contributed by atoms with van der Waals surface area (Å²) in [5, 5.41) is 0.665. The molecule has 3 aromatic rings. The molecule has 4 rings (SSSR count). The van der Waals surface area contributed by atoms with Gasteiger partial charge in [-0.2, -0.15) is 0 Å². The van der Waals surface area contributed by atoms with E-state index >= 15 is 0 Å². The second-order valence-corrected chi connectivity index (χ2v) is 5.99. The third kappa shape index (κ3) is 2.78. The topological polar surface area (TPSA) is 84.0 Å². The van der Waals surface area contributed by atoms with Gasteiger partial charge in [0, 0.05) is 18.0 Å². The van der Waals surface area contributed by atoms with Crippen molar-refractivity contribution in [2.75, 3.05) is 13.1 Å². The van der Waals surface area contributed by atoms with Crippen molar-refractivity contribution >= 4 is 28.7 Å². The average Bonchev–Trinajstić information content (AvgIpc) is 3.25. The lowest BCUT2D eigenvalue weighted by molar-refractivity contribution is 0.0768. The monoisotopic (exact) mass is 343 g/mol. The molecule has 8 heteroatoms. The number of benzene rings is 1. The molecule has 24 heavy (non-hydrogen) atoms. The van der Waals surface area contributed by atoms with E-state index in [1.807, 2.05) is 12.1 Å². The van der Waals surface area contributed by atoms with Gasteiger partial charge in [0.1, 0.15) is 23.7 Å². The van der Waals surface area contributed by atoms with Crippen molar-refractivity contribution in [2.45, 2.75) is 12.5 Å². The molecule has 1 aliphatic heterocycles. The number of hydrogen-bond acceptors (Lipinski definition) is 5. The van der Waals surface area contributed by atoms with Gasteiger partial charge in [0.25, 0.3) is 5.91 Å². The van der Waals surface area contributed by atoms with E-state index in [0.717, 1.165) is 12.2 Å². The summed E-state index contributed by atoms with van der Waals surface area (Å²) in [5.41, 5.74) is 1.38. The molecule has 1 fully saturated rings. The van der Waals surface area contributed by atoms with Gasteiger partial charge in [-0.15, -0.1) is 0 Å². The molecular weight excluding hydrogens is 330 g/mol. The van der Waals surface area contributed by atoms with Crippen LogP contribution in [0.4, 0.5) is 0 Å². The van der Waals surface area contributed by atoms with Crippen molar-refractivity contribution in [3.05, 3.63) is 47.6 Å². The summed E-state index contributed by atoms with van der Waals surface area (Å²) >= 11 is 5.87. The summed E-state index contributed by atoms with van der Waals surface area (Å²) in [5.74, 6) is 0.602. The highest BCUT2D eigenvalue weighted by Crippen LogP contribution is 2.22. The van der Waals surface area contributed by atoms with Crippen molar-refractivity contribution < 1.29 is 9.53 Å². The number of H-pyrrole nitrogens is 1. The highest BCUT2D eigenvalue weighted by atomic mass is 35.5. The van der Waals surface area contributed by atoms with E-state index < -0.39 is 0 Å². The van der Waals surface area contributed by atoms with Crippen LogP contribution in [0.1, 0.15) is 16.9 Å². The molecule has 1 aliphatic rings. The molecule has 1 atom stereocenters. The zero-order chi connectivity index (χ0) is 16.5. The summed E-state index contributed by atoms with van der Waals surface area (Å²) in [7, 11) is 0. The van der Waals surface area contributed by atoms with E-state index in [1.54, 1.807) is 17.0 Å². The molecule has 1 amide bonds. The number of aromatic nitrogens is 4. The second kappa shape index (κ2) is 6.09. The summed E-state index contributed by atoms with van der Waals surface area (Å²) in [6.45, 7) is 1.14. The number of fused-ring (bicyclic) bond motifs is 1. The number of nitrogens with one attached hydrogen (secondary N) is 1. The van der Waals surface area contributed by atoms with Crippen LogP contribution in [0.2, 0.25) is 5.02 Å². The lowest BCUT2D eigenvalue weighted by atomic mass is 10.3. The third-order valence-corrected chi connectivity index (χ3v) is 4.23. The van der Waals surface area contributed by atoms with E-state index in [-0.39, 0.29) is 12.0 Å². The predicted octanol–water partition coefficient (Wildman–Crippen LogP) is 2.30. The molecular formula is C16H14ClN5O2. The minimum Gasteiger partial charge on any atom is -0.489 e. The number of aromatic amines is 1. The van der Waals surface area contributed by atoms with Crippen LogP contribution >= 0.6 is 11.6 Å². The zero-order valence-electron chi connectivity index (χ0n) is 12.6. The van der Waals surface area contributed by atoms with Gasteiger partial charge in [-0.3, -0.25) is 4.79 Å². The molecule has 3 heterocycles. The number of carbonyl (C=O) groups excluding carboxylic acids is 1. The van der Waals surface area contributed by atoms with Gasteiger partial charge in [0.05, 0.1) is 12.9 Å². The van der Waals surface area contributed by atoms with Gasteiger partial charge in [-0.1, -0.05) is 11.6 Å². The Morgan fingerprint density at radius 2 is 2.08 bits per heavy atom. The van der Waals surface area contributed by atoms with E-state index in [4.69, 9.17) is 16.3 Å². The standard InChI is InChI=1S/C16H14ClN5O2/c17-10-1-3-11(4-2-10)24-12-5-6-22(7-12)16(23)14-13-15(20-8-18-13)21-9-19-14/h1-4,8-9,12H,5-7H2,(H,18,19,20,21). The van der Waals surface area contributed by atoms with Crippen LogP contribution in [0.15, 0.2) is 36.9 Å². The van der Waals surface area contributed by atoms with Gasteiger partial charge in [0.15, 0.2) is 11.3 Å². The molecule has 1 unspecified atom stereocenters. The number of rotatable bonds is 3. The van der Waals surface area contributed by atoms with Crippen molar-refractivity contribution in [3.8, 4) is 5.75 Å². The summed E-state index contributed by atoms with van der Waals surface area (Å²) in [4.78, 5) is 29.6. The Morgan fingerprint density at radius 3 is 2.92 bits per heavy atom. The molecule has 0 aliphatic carbocycles. The first kappa shape index (κ1) is 14.9. The van der Waals surface area contributed by atoms with E-state index in [0.29, 0.717) is 35.0 Å². The first-order chi connectivity index (χ1) is 11.7. The maximum absolute atomic E-state index is 12.7. The Kier molecular flexibility index (Phi) is 3.78. The highest BCUT2D eigenvalue weighted by molar-refractivity contribution is 6.30. The van der Waals surface area contributed by atoms with Gasteiger partial charge in [-0.05, 0) is 24.3 Å². The van der Waals surface area contributed by atoms with Gasteiger partial charge >= 0.3 is 0 Å². The van der Waals surface area contributed by atoms with Crippen molar-refractivity contribution in [3.63, 3.8) is 0 Å². The normalized spacial score (nSPS) is 17.4. The van der Waals surface area contributed by atoms with Gasteiger partial charge < -0.3 is 14.6 Å². The number of ether oxygens (including phenoxy) is 1. The Bertz CT molecular complexity index is 880. The maximum atomic E-state index is 12.7. The summed E-state index contributed by atoms with van der Waals surface area (Å²) in [6.07, 6.45) is 3.58.